The smallest absolute Gasteiger partial charge is 0.338 e. The van der Waals surface area contributed by atoms with Crippen molar-refractivity contribution in [3.05, 3.63) is 41.1 Å². The lowest BCUT2D eigenvalue weighted by molar-refractivity contribution is -0.149. The average Bonchev–Trinajstić information content (AvgIpc) is 3.24. The summed E-state index contributed by atoms with van der Waals surface area (Å²) < 4.78 is 14.5. The van der Waals surface area contributed by atoms with Gasteiger partial charge in [-0.25, -0.2) is 9.59 Å². The Hall–Kier alpha value is -2.45. The first kappa shape index (κ1) is 22.2. The molecule has 1 saturated carbocycles. The molecule has 0 spiro atoms. The molecule has 162 valence electrons. The molecular weight excluding hydrogens is 435 g/mol. The van der Waals surface area contributed by atoms with Gasteiger partial charge in [-0.15, -0.1) is 23.2 Å². The van der Waals surface area contributed by atoms with Gasteiger partial charge in [0.2, 0.25) is 0 Å². The second kappa shape index (κ2) is 8.35. The Kier molecular flexibility index (Phi) is 6.19. The van der Waals surface area contributed by atoms with E-state index in [1.807, 2.05) is 0 Å². The van der Waals surface area contributed by atoms with Crippen molar-refractivity contribution in [2.24, 2.45) is 5.41 Å². The van der Waals surface area contributed by atoms with E-state index in [0.29, 0.717) is 11.3 Å². The molecule has 0 radical (unpaired) electrons. The van der Waals surface area contributed by atoms with Crippen LogP contribution in [-0.2, 0) is 19.1 Å². The van der Waals surface area contributed by atoms with Gasteiger partial charge in [0.1, 0.15) is 22.1 Å². The topological polar surface area (TPSA) is 103 Å². The van der Waals surface area contributed by atoms with E-state index in [0.717, 1.165) is 0 Å². The molecule has 2 aliphatic rings. The van der Waals surface area contributed by atoms with Crippen molar-refractivity contribution in [2.45, 2.75) is 30.6 Å². The van der Waals surface area contributed by atoms with Gasteiger partial charge in [-0.3, -0.25) is 4.79 Å². The number of esters is 2. The highest BCUT2D eigenvalue weighted by Crippen LogP contribution is 2.64. The maximum absolute atomic E-state index is 12.7. The van der Waals surface area contributed by atoms with E-state index in [4.69, 9.17) is 37.4 Å². The van der Waals surface area contributed by atoms with E-state index in [-0.39, 0.29) is 30.9 Å². The van der Waals surface area contributed by atoms with Crippen LogP contribution in [0.3, 0.4) is 0 Å². The molecular formula is C20H22Cl2N2O6. The molecule has 0 saturated heterocycles. The summed E-state index contributed by atoms with van der Waals surface area (Å²) in [7, 11) is 1.54. The van der Waals surface area contributed by atoms with E-state index >= 15 is 0 Å². The van der Waals surface area contributed by atoms with Crippen molar-refractivity contribution in [1.82, 2.24) is 10.6 Å². The molecule has 1 aliphatic heterocycles. The summed E-state index contributed by atoms with van der Waals surface area (Å²) in [5.41, 5.74) is -0.136. The van der Waals surface area contributed by atoms with Gasteiger partial charge in [0.05, 0.1) is 31.0 Å². The standard InChI is InChI=1S/C20H22Cl2N2O6/c1-4-29-16(25)14-13(9-30-17(26)19(2)10-20(19,21)22)23-18(27)24-15(14)11-5-7-12(28-3)8-6-11/h5-8,15H,4,9-10H2,1-3H3,(H2,23,24,27)/t15-,19+/m0/s1. The SMILES string of the molecule is CCOC(=O)C1=C(COC(=O)[C@@]2(C)CC2(Cl)Cl)NC(=O)N[C@H]1c1ccc(OC)cc1. The van der Waals surface area contributed by atoms with Crippen LogP contribution in [0.5, 0.6) is 5.75 Å². The summed E-state index contributed by atoms with van der Waals surface area (Å²) in [6.07, 6.45) is 0.258. The number of hydrogen-bond donors (Lipinski definition) is 2. The van der Waals surface area contributed by atoms with Crippen LogP contribution in [0.15, 0.2) is 35.5 Å². The van der Waals surface area contributed by atoms with Crippen LogP contribution in [0.25, 0.3) is 0 Å². The van der Waals surface area contributed by atoms with Crippen LogP contribution < -0.4 is 15.4 Å². The number of nitrogens with one attached hydrogen (secondary N) is 2. The van der Waals surface area contributed by atoms with Gasteiger partial charge in [-0.05, 0) is 31.5 Å². The normalized spacial score (nSPS) is 24.4. The minimum atomic E-state index is -1.19. The zero-order valence-corrected chi connectivity index (χ0v) is 18.2. The largest absolute Gasteiger partial charge is 0.497 e. The molecule has 0 aromatic heterocycles. The number of carbonyl (C=O) groups is 3. The van der Waals surface area contributed by atoms with Crippen LogP contribution in [0.2, 0.25) is 0 Å². The van der Waals surface area contributed by atoms with Gasteiger partial charge in [0.25, 0.3) is 0 Å². The number of hydrogen-bond acceptors (Lipinski definition) is 6. The molecule has 0 unspecified atom stereocenters. The highest BCUT2D eigenvalue weighted by atomic mass is 35.5. The summed E-state index contributed by atoms with van der Waals surface area (Å²) >= 11 is 12.0. The van der Waals surface area contributed by atoms with Crippen molar-refractivity contribution < 1.29 is 28.6 Å². The minimum Gasteiger partial charge on any atom is -0.497 e. The van der Waals surface area contributed by atoms with Crippen molar-refractivity contribution >= 4 is 41.2 Å². The molecule has 30 heavy (non-hydrogen) atoms. The molecule has 0 bridgehead atoms. The fraction of sp³-hybridized carbons (Fsp3) is 0.450. The number of methoxy groups -OCH3 is 1. The van der Waals surface area contributed by atoms with Gasteiger partial charge in [-0.1, -0.05) is 12.1 Å². The molecule has 8 nitrogen and oxygen atoms in total. The van der Waals surface area contributed by atoms with Crippen molar-refractivity contribution in [3.8, 4) is 5.75 Å². The molecule has 2 atom stereocenters. The zero-order chi connectivity index (χ0) is 22.1. The Morgan fingerprint density at radius 2 is 1.83 bits per heavy atom. The molecule has 1 aromatic rings. The molecule has 1 heterocycles. The third-order valence-corrected chi connectivity index (χ3v) is 6.26. The molecule has 10 heteroatoms. The number of alkyl halides is 2. The summed E-state index contributed by atoms with van der Waals surface area (Å²) in [4.78, 5) is 37.4. The van der Waals surface area contributed by atoms with E-state index in [1.165, 1.54) is 7.11 Å². The lowest BCUT2D eigenvalue weighted by Gasteiger charge is -2.29. The molecule has 3 rings (SSSR count). The van der Waals surface area contributed by atoms with E-state index in [9.17, 15) is 14.4 Å². The van der Waals surface area contributed by atoms with Crippen molar-refractivity contribution in [3.63, 3.8) is 0 Å². The lowest BCUT2D eigenvalue weighted by Crippen LogP contribution is -2.47. The number of ether oxygens (including phenoxy) is 3. The number of urea groups is 1. The van der Waals surface area contributed by atoms with Crippen LogP contribution in [0.4, 0.5) is 4.79 Å². The van der Waals surface area contributed by atoms with Gasteiger partial charge in [0, 0.05) is 6.42 Å². The highest BCUT2D eigenvalue weighted by Gasteiger charge is 2.69. The van der Waals surface area contributed by atoms with Crippen molar-refractivity contribution in [1.29, 1.82) is 0 Å². The van der Waals surface area contributed by atoms with E-state index in [1.54, 1.807) is 38.1 Å². The lowest BCUT2D eigenvalue weighted by atomic mass is 9.95. The van der Waals surface area contributed by atoms with E-state index < -0.39 is 33.8 Å². The number of amides is 2. The Morgan fingerprint density at radius 1 is 1.20 bits per heavy atom. The fourth-order valence-corrected chi connectivity index (χ4v) is 3.84. The van der Waals surface area contributed by atoms with Gasteiger partial charge in [0.15, 0.2) is 0 Å². The van der Waals surface area contributed by atoms with Crippen LogP contribution >= 0.6 is 23.2 Å². The number of halogens is 2. The molecule has 1 fully saturated rings. The first-order valence-electron chi connectivity index (χ1n) is 9.29. The van der Waals surface area contributed by atoms with E-state index in [2.05, 4.69) is 10.6 Å². The predicted octanol–water partition coefficient (Wildman–Crippen LogP) is 2.99. The second-order valence-corrected chi connectivity index (χ2v) is 8.69. The van der Waals surface area contributed by atoms with Crippen molar-refractivity contribution in [2.75, 3.05) is 20.3 Å². The third kappa shape index (κ3) is 4.20. The van der Waals surface area contributed by atoms with Gasteiger partial charge >= 0.3 is 18.0 Å². The Labute approximate surface area is 183 Å². The molecule has 2 amide bonds. The van der Waals surface area contributed by atoms with Gasteiger partial charge < -0.3 is 24.8 Å². The molecule has 1 aliphatic carbocycles. The van der Waals surface area contributed by atoms with Gasteiger partial charge in [-0.2, -0.15) is 0 Å². The number of carbonyl (C=O) groups excluding carboxylic acids is 3. The average molecular weight is 457 g/mol. The first-order chi connectivity index (χ1) is 14.1. The Balaban J connectivity index is 1.91. The maximum atomic E-state index is 12.7. The third-order valence-electron chi connectivity index (χ3n) is 5.15. The minimum absolute atomic E-state index is 0.130. The fourth-order valence-electron chi connectivity index (χ4n) is 3.15. The molecule has 2 N–H and O–H groups in total. The summed E-state index contributed by atoms with van der Waals surface area (Å²) in [6, 6.07) is 5.52. The Bertz CT molecular complexity index is 899. The zero-order valence-electron chi connectivity index (χ0n) is 16.7. The summed E-state index contributed by atoms with van der Waals surface area (Å²) in [5, 5.41) is 5.24. The van der Waals surface area contributed by atoms with Crippen LogP contribution in [0.1, 0.15) is 31.9 Å². The van der Waals surface area contributed by atoms with Crippen LogP contribution in [-0.4, -0.2) is 42.6 Å². The number of benzene rings is 1. The number of rotatable bonds is 7. The molecule has 1 aromatic carbocycles. The monoisotopic (exact) mass is 456 g/mol. The maximum Gasteiger partial charge on any atom is 0.338 e. The quantitative estimate of drug-likeness (QED) is 0.482. The summed E-state index contributed by atoms with van der Waals surface area (Å²) in [5.74, 6) is -0.631. The highest BCUT2D eigenvalue weighted by molar-refractivity contribution is 6.53. The second-order valence-electron chi connectivity index (χ2n) is 7.21. The predicted molar refractivity (Wildman–Crippen MR) is 109 cm³/mol. The van der Waals surface area contributed by atoms with Crippen LogP contribution in [0, 0.1) is 5.41 Å². The first-order valence-corrected chi connectivity index (χ1v) is 10.0. The Morgan fingerprint density at radius 3 is 2.37 bits per heavy atom. The summed E-state index contributed by atoms with van der Waals surface area (Å²) in [6.45, 7) is 3.06.